The Kier molecular flexibility index (Phi) is 5.86. The first-order valence-corrected chi connectivity index (χ1v) is 7.45. The zero-order valence-electron chi connectivity index (χ0n) is 13.3. The lowest BCUT2D eigenvalue weighted by atomic mass is 10.1. The van der Waals surface area contributed by atoms with Crippen LogP contribution in [0.4, 0.5) is 5.69 Å². The average Bonchev–Trinajstić information content (AvgIpc) is 2.56. The maximum absolute atomic E-state index is 11.2. The number of ether oxygens (including phenoxy) is 2. The Morgan fingerprint density at radius 2 is 1.83 bits per heavy atom. The number of aromatic carboxylic acids is 1. The molecule has 0 radical (unpaired) electrons. The van der Waals surface area contributed by atoms with E-state index in [4.69, 9.17) is 9.47 Å². The van der Waals surface area contributed by atoms with E-state index < -0.39 is 5.97 Å². The minimum absolute atomic E-state index is 0.293. The molecule has 0 aliphatic heterocycles. The van der Waals surface area contributed by atoms with Crippen LogP contribution in [0.1, 0.15) is 22.3 Å². The van der Waals surface area contributed by atoms with Gasteiger partial charge in [-0.15, -0.1) is 0 Å². The Morgan fingerprint density at radius 1 is 1.13 bits per heavy atom. The van der Waals surface area contributed by atoms with Gasteiger partial charge in [-0.3, -0.25) is 0 Å². The predicted octanol–water partition coefficient (Wildman–Crippen LogP) is 3.58. The molecule has 0 heterocycles. The molecule has 0 atom stereocenters. The summed E-state index contributed by atoms with van der Waals surface area (Å²) in [6, 6.07) is 12.8. The van der Waals surface area contributed by atoms with Crippen LogP contribution < -0.4 is 14.8 Å². The molecule has 0 saturated heterocycles. The molecule has 0 unspecified atom stereocenters. The maximum atomic E-state index is 11.2. The number of rotatable bonds is 8. The highest BCUT2D eigenvalue weighted by Gasteiger charge is 2.09. The van der Waals surface area contributed by atoms with Crippen molar-refractivity contribution >= 4 is 11.7 Å². The summed E-state index contributed by atoms with van der Waals surface area (Å²) >= 11 is 0. The second-order valence-corrected chi connectivity index (χ2v) is 5.16. The highest BCUT2D eigenvalue weighted by molar-refractivity contribution is 5.94. The normalized spacial score (nSPS) is 10.2. The number of nitrogens with one attached hydrogen (secondary N) is 1. The number of anilines is 1. The van der Waals surface area contributed by atoms with Gasteiger partial charge in [-0.2, -0.15) is 0 Å². The highest BCUT2D eigenvalue weighted by Crippen LogP contribution is 2.18. The van der Waals surface area contributed by atoms with Gasteiger partial charge in [0.05, 0.1) is 19.3 Å². The summed E-state index contributed by atoms with van der Waals surface area (Å²) in [6.07, 6.45) is 0.763. The van der Waals surface area contributed by atoms with E-state index in [0.717, 1.165) is 23.5 Å². The minimum Gasteiger partial charge on any atom is -0.497 e. The summed E-state index contributed by atoms with van der Waals surface area (Å²) in [5.74, 6) is 0.651. The van der Waals surface area contributed by atoms with Crippen molar-refractivity contribution in [1.29, 1.82) is 0 Å². The fourth-order valence-corrected chi connectivity index (χ4v) is 2.15. The van der Waals surface area contributed by atoms with Crippen molar-refractivity contribution in [3.63, 3.8) is 0 Å². The van der Waals surface area contributed by atoms with Crippen LogP contribution in [-0.4, -0.2) is 31.3 Å². The number of aryl methyl sites for hydroxylation is 1. The number of carboxylic acids is 1. The van der Waals surface area contributed by atoms with Crippen LogP contribution in [-0.2, 0) is 0 Å². The van der Waals surface area contributed by atoms with Crippen molar-refractivity contribution < 1.29 is 19.4 Å². The largest absolute Gasteiger partial charge is 0.497 e. The van der Waals surface area contributed by atoms with E-state index in [1.165, 1.54) is 0 Å². The van der Waals surface area contributed by atoms with E-state index in [2.05, 4.69) is 5.32 Å². The van der Waals surface area contributed by atoms with E-state index >= 15 is 0 Å². The van der Waals surface area contributed by atoms with Crippen molar-refractivity contribution in [3.05, 3.63) is 53.6 Å². The van der Waals surface area contributed by atoms with Crippen LogP contribution in [0.2, 0.25) is 0 Å². The quantitative estimate of drug-likeness (QED) is 0.729. The number of hydrogen-bond acceptors (Lipinski definition) is 4. The first kappa shape index (κ1) is 16.7. The summed E-state index contributed by atoms with van der Waals surface area (Å²) in [7, 11) is 1.62. The average molecular weight is 315 g/mol. The third kappa shape index (κ3) is 4.92. The highest BCUT2D eigenvalue weighted by atomic mass is 16.5. The maximum Gasteiger partial charge on any atom is 0.337 e. The van der Waals surface area contributed by atoms with E-state index in [9.17, 15) is 9.90 Å². The molecule has 0 bridgehead atoms. The fraction of sp³-hybridized carbons (Fsp3) is 0.278. The topological polar surface area (TPSA) is 67.8 Å². The van der Waals surface area contributed by atoms with E-state index in [1.54, 1.807) is 19.2 Å². The molecule has 0 aliphatic carbocycles. The molecular weight excluding hydrogens is 294 g/mol. The number of carboxylic acid groups (broad SMARTS) is 1. The first-order chi connectivity index (χ1) is 11.1. The molecule has 0 aliphatic rings. The Balaban J connectivity index is 1.78. The van der Waals surface area contributed by atoms with Gasteiger partial charge in [0, 0.05) is 12.2 Å². The molecule has 5 heteroatoms. The minimum atomic E-state index is -0.925. The van der Waals surface area contributed by atoms with Crippen LogP contribution in [0, 0.1) is 6.92 Å². The summed E-state index contributed by atoms with van der Waals surface area (Å²) < 4.78 is 10.7. The lowest BCUT2D eigenvalue weighted by Crippen LogP contribution is -2.10. The van der Waals surface area contributed by atoms with Crippen molar-refractivity contribution in [2.75, 3.05) is 25.6 Å². The molecule has 0 aromatic heterocycles. The molecule has 0 spiro atoms. The van der Waals surface area contributed by atoms with Crippen LogP contribution >= 0.6 is 0 Å². The Hall–Kier alpha value is -2.69. The van der Waals surface area contributed by atoms with Gasteiger partial charge in [-0.05, 0) is 49.7 Å². The monoisotopic (exact) mass is 315 g/mol. The molecule has 23 heavy (non-hydrogen) atoms. The molecular formula is C18H21NO4. The van der Waals surface area contributed by atoms with E-state index in [1.807, 2.05) is 37.3 Å². The Bertz CT molecular complexity index is 653. The van der Waals surface area contributed by atoms with Gasteiger partial charge in [-0.1, -0.05) is 11.6 Å². The van der Waals surface area contributed by atoms with Gasteiger partial charge in [0.25, 0.3) is 0 Å². The molecule has 2 aromatic rings. The van der Waals surface area contributed by atoms with E-state index in [-0.39, 0.29) is 0 Å². The standard InChI is InChI=1S/C18H21NO4/c1-13-4-9-17(16(12-13)18(20)21)19-10-3-11-23-15-7-5-14(22-2)6-8-15/h4-9,12,19H,3,10-11H2,1-2H3,(H,20,21). The van der Waals surface area contributed by atoms with E-state index in [0.29, 0.717) is 24.4 Å². The third-order valence-electron chi connectivity index (χ3n) is 3.37. The zero-order chi connectivity index (χ0) is 16.7. The summed E-state index contributed by atoms with van der Waals surface area (Å²) in [5.41, 5.74) is 1.85. The Labute approximate surface area is 135 Å². The molecule has 0 fully saturated rings. The number of benzene rings is 2. The predicted molar refractivity (Wildman–Crippen MR) is 89.7 cm³/mol. The molecule has 0 saturated carbocycles. The van der Waals surface area contributed by atoms with Gasteiger partial charge in [-0.25, -0.2) is 4.79 Å². The summed E-state index contributed by atoms with van der Waals surface area (Å²) in [6.45, 7) is 3.06. The third-order valence-corrected chi connectivity index (χ3v) is 3.37. The first-order valence-electron chi connectivity index (χ1n) is 7.45. The molecule has 122 valence electrons. The van der Waals surface area contributed by atoms with Gasteiger partial charge >= 0.3 is 5.97 Å². The van der Waals surface area contributed by atoms with Crippen LogP contribution in [0.25, 0.3) is 0 Å². The molecule has 0 amide bonds. The Morgan fingerprint density at radius 3 is 2.48 bits per heavy atom. The fourth-order valence-electron chi connectivity index (χ4n) is 2.15. The van der Waals surface area contributed by atoms with Gasteiger partial charge in [0.1, 0.15) is 11.5 Å². The lowest BCUT2D eigenvalue weighted by Gasteiger charge is -2.11. The molecule has 2 N–H and O–H groups in total. The molecule has 2 rings (SSSR count). The van der Waals surface area contributed by atoms with Crippen LogP contribution in [0.5, 0.6) is 11.5 Å². The van der Waals surface area contributed by atoms with Crippen molar-refractivity contribution in [1.82, 2.24) is 0 Å². The van der Waals surface area contributed by atoms with Gasteiger partial charge < -0.3 is 19.9 Å². The van der Waals surface area contributed by atoms with Gasteiger partial charge in [0.2, 0.25) is 0 Å². The van der Waals surface area contributed by atoms with Crippen molar-refractivity contribution in [3.8, 4) is 11.5 Å². The molecule has 5 nitrogen and oxygen atoms in total. The summed E-state index contributed by atoms with van der Waals surface area (Å²) in [5, 5.41) is 12.4. The SMILES string of the molecule is COc1ccc(OCCCNc2ccc(C)cc2C(=O)O)cc1. The number of methoxy groups -OCH3 is 1. The smallest absolute Gasteiger partial charge is 0.337 e. The van der Waals surface area contributed by atoms with Gasteiger partial charge in [0.15, 0.2) is 0 Å². The number of carbonyl (C=O) groups is 1. The van der Waals surface area contributed by atoms with Crippen molar-refractivity contribution in [2.45, 2.75) is 13.3 Å². The summed E-state index contributed by atoms with van der Waals surface area (Å²) in [4.78, 5) is 11.2. The van der Waals surface area contributed by atoms with Crippen LogP contribution in [0.15, 0.2) is 42.5 Å². The number of hydrogen-bond donors (Lipinski definition) is 2. The van der Waals surface area contributed by atoms with Crippen LogP contribution in [0.3, 0.4) is 0 Å². The zero-order valence-corrected chi connectivity index (χ0v) is 13.3. The van der Waals surface area contributed by atoms with Crippen molar-refractivity contribution in [2.24, 2.45) is 0 Å². The lowest BCUT2D eigenvalue weighted by molar-refractivity contribution is 0.0698. The second-order valence-electron chi connectivity index (χ2n) is 5.16. The second kappa shape index (κ2) is 8.08. The molecule has 2 aromatic carbocycles.